The Bertz CT molecular complexity index is 433. The van der Waals surface area contributed by atoms with Gasteiger partial charge >= 0.3 is 6.03 Å². The van der Waals surface area contributed by atoms with Gasteiger partial charge in [-0.25, -0.2) is 4.79 Å². The molecule has 1 N–H and O–H groups in total. The maximum Gasteiger partial charge on any atom is 0.317 e. The number of amides is 2. The van der Waals surface area contributed by atoms with Gasteiger partial charge in [0, 0.05) is 25.0 Å². The molecule has 0 spiro atoms. The first kappa shape index (κ1) is 11.5. The highest BCUT2D eigenvalue weighted by atomic mass is 16.5. The molecule has 0 radical (unpaired) electrons. The Morgan fingerprint density at radius 3 is 2.61 bits per heavy atom. The highest BCUT2D eigenvalue weighted by Gasteiger charge is 2.30. The van der Waals surface area contributed by atoms with Crippen LogP contribution in [0.25, 0.3) is 0 Å². The lowest BCUT2D eigenvalue weighted by Gasteiger charge is -2.30. The van der Waals surface area contributed by atoms with Crippen molar-refractivity contribution in [2.75, 3.05) is 13.1 Å². The molecule has 1 saturated heterocycles. The Hall–Kier alpha value is -1.59. The topological polar surface area (TPSA) is 71.3 Å². The lowest BCUT2D eigenvalue weighted by atomic mass is 9.97. The fourth-order valence-corrected chi connectivity index (χ4v) is 2.30. The normalized spacial score (nSPS) is 21.1. The van der Waals surface area contributed by atoms with Crippen molar-refractivity contribution in [3.63, 3.8) is 0 Å². The number of nitrogens with zero attached hydrogens (tertiary/aromatic N) is 3. The van der Waals surface area contributed by atoms with E-state index in [1.54, 1.807) is 0 Å². The van der Waals surface area contributed by atoms with E-state index in [0.717, 1.165) is 44.7 Å². The van der Waals surface area contributed by atoms with E-state index in [0.29, 0.717) is 17.8 Å². The third kappa shape index (κ3) is 2.47. The Morgan fingerprint density at radius 2 is 2.06 bits per heavy atom. The average Bonchev–Trinajstić information content (AvgIpc) is 3.09. The fourth-order valence-electron chi connectivity index (χ4n) is 2.30. The highest BCUT2D eigenvalue weighted by Crippen LogP contribution is 2.27. The Morgan fingerprint density at radius 1 is 1.33 bits per heavy atom. The first-order chi connectivity index (χ1) is 8.72. The average molecular weight is 250 g/mol. The molecule has 0 atom stereocenters. The summed E-state index contributed by atoms with van der Waals surface area (Å²) in [5.74, 6) is 1.70. The smallest absolute Gasteiger partial charge is 0.317 e. The number of aromatic nitrogens is 2. The van der Waals surface area contributed by atoms with Gasteiger partial charge in [-0.1, -0.05) is 5.16 Å². The summed E-state index contributed by atoms with van der Waals surface area (Å²) in [5.41, 5.74) is 0. The van der Waals surface area contributed by atoms with Crippen molar-refractivity contribution in [1.82, 2.24) is 20.4 Å². The second kappa shape index (κ2) is 4.59. The molecule has 1 aromatic heterocycles. The largest absolute Gasteiger partial charge is 0.339 e. The molecule has 2 amide bonds. The number of piperidine rings is 1. The van der Waals surface area contributed by atoms with E-state index in [1.807, 2.05) is 11.8 Å². The molecular formula is C12H18N4O2. The molecule has 1 aliphatic carbocycles. The molecule has 2 heterocycles. The second-order valence-electron chi connectivity index (χ2n) is 5.16. The summed E-state index contributed by atoms with van der Waals surface area (Å²) in [6, 6.07) is 0.506. The van der Waals surface area contributed by atoms with Crippen molar-refractivity contribution in [1.29, 1.82) is 0 Å². The summed E-state index contributed by atoms with van der Waals surface area (Å²) in [5, 5.41) is 6.83. The van der Waals surface area contributed by atoms with Crippen LogP contribution in [0.3, 0.4) is 0 Å². The molecular weight excluding hydrogens is 232 g/mol. The molecule has 98 valence electrons. The number of carbonyl (C=O) groups excluding carboxylic acids is 1. The number of hydrogen-bond donors (Lipinski definition) is 1. The maximum atomic E-state index is 11.9. The highest BCUT2D eigenvalue weighted by molar-refractivity contribution is 5.75. The molecule has 6 heteroatoms. The number of urea groups is 1. The zero-order valence-electron chi connectivity index (χ0n) is 10.6. The van der Waals surface area contributed by atoms with Crippen LogP contribution in [0.15, 0.2) is 4.52 Å². The summed E-state index contributed by atoms with van der Waals surface area (Å²) >= 11 is 0. The van der Waals surface area contributed by atoms with Crippen molar-refractivity contribution in [3.05, 3.63) is 11.7 Å². The van der Waals surface area contributed by atoms with Crippen LogP contribution in [-0.2, 0) is 0 Å². The van der Waals surface area contributed by atoms with Crippen LogP contribution in [0, 0.1) is 6.92 Å². The van der Waals surface area contributed by atoms with Gasteiger partial charge in [-0.2, -0.15) is 4.98 Å². The molecule has 0 unspecified atom stereocenters. The minimum Gasteiger partial charge on any atom is -0.339 e. The third-order valence-electron chi connectivity index (χ3n) is 3.58. The lowest BCUT2D eigenvalue weighted by Crippen LogP contribution is -2.44. The summed E-state index contributed by atoms with van der Waals surface area (Å²) in [6.45, 7) is 3.36. The molecule has 0 bridgehead atoms. The van der Waals surface area contributed by atoms with Gasteiger partial charge in [0.15, 0.2) is 5.82 Å². The molecule has 1 saturated carbocycles. The number of carbonyl (C=O) groups is 1. The van der Waals surface area contributed by atoms with Crippen molar-refractivity contribution in [3.8, 4) is 0 Å². The van der Waals surface area contributed by atoms with Gasteiger partial charge in [0.05, 0.1) is 0 Å². The summed E-state index contributed by atoms with van der Waals surface area (Å²) in [7, 11) is 0. The molecule has 6 nitrogen and oxygen atoms in total. The molecule has 18 heavy (non-hydrogen) atoms. The van der Waals surface area contributed by atoms with Crippen LogP contribution < -0.4 is 5.32 Å². The van der Waals surface area contributed by atoms with Gasteiger partial charge in [-0.05, 0) is 32.6 Å². The van der Waals surface area contributed by atoms with Crippen LogP contribution in [0.2, 0.25) is 0 Å². The zero-order valence-corrected chi connectivity index (χ0v) is 10.6. The van der Waals surface area contributed by atoms with Gasteiger partial charge in [0.25, 0.3) is 0 Å². The monoisotopic (exact) mass is 250 g/mol. The maximum absolute atomic E-state index is 11.9. The first-order valence-electron chi connectivity index (χ1n) is 6.58. The van der Waals surface area contributed by atoms with Gasteiger partial charge in [0.1, 0.15) is 0 Å². The van der Waals surface area contributed by atoms with Crippen molar-refractivity contribution >= 4 is 6.03 Å². The van der Waals surface area contributed by atoms with Crippen LogP contribution in [0.5, 0.6) is 0 Å². The Kier molecular flexibility index (Phi) is 2.93. The van der Waals surface area contributed by atoms with Gasteiger partial charge < -0.3 is 14.7 Å². The quantitative estimate of drug-likeness (QED) is 0.862. The first-order valence-corrected chi connectivity index (χ1v) is 6.58. The lowest BCUT2D eigenvalue weighted by molar-refractivity contribution is 0.175. The third-order valence-corrected chi connectivity index (χ3v) is 3.58. The molecule has 2 fully saturated rings. The summed E-state index contributed by atoms with van der Waals surface area (Å²) in [4.78, 5) is 18.0. The van der Waals surface area contributed by atoms with Crippen molar-refractivity contribution in [2.45, 2.75) is 44.6 Å². The summed E-state index contributed by atoms with van der Waals surface area (Å²) < 4.78 is 5.19. The molecule has 2 aliphatic rings. The number of hydrogen-bond acceptors (Lipinski definition) is 4. The Balaban J connectivity index is 1.52. The fraction of sp³-hybridized carbons (Fsp3) is 0.750. The van der Waals surface area contributed by atoms with E-state index in [1.165, 1.54) is 0 Å². The number of likely N-dealkylation sites (tertiary alicyclic amines) is 1. The molecule has 1 aliphatic heterocycles. The van der Waals surface area contributed by atoms with Gasteiger partial charge in [0.2, 0.25) is 5.89 Å². The van der Waals surface area contributed by atoms with Gasteiger partial charge in [-0.15, -0.1) is 0 Å². The van der Waals surface area contributed by atoms with Crippen LogP contribution in [-0.4, -0.2) is 40.2 Å². The van der Waals surface area contributed by atoms with E-state index < -0.39 is 0 Å². The van der Waals surface area contributed by atoms with Crippen LogP contribution in [0.4, 0.5) is 4.79 Å². The van der Waals surface area contributed by atoms with E-state index in [-0.39, 0.29) is 6.03 Å². The molecule has 1 aromatic rings. The number of rotatable bonds is 2. The number of aryl methyl sites for hydroxylation is 1. The van der Waals surface area contributed by atoms with E-state index in [4.69, 9.17) is 4.52 Å². The van der Waals surface area contributed by atoms with E-state index in [2.05, 4.69) is 15.5 Å². The predicted octanol–water partition coefficient (Wildman–Crippen LogP) is 1.43. The predicted molar refractivity (Wildman–Crippen MR) is 64.1 cm³/mol. The van der Waals surface area contributed by atoms with Crippen molar-refractivity contribution in [2.24, 2.45) is 0 Å². The SMILES string of the molecule is Cc1noc(C2CCN(C(=O)NC3CC3)CC2)n1. The van der Waals surface area contributed by atoms with Crippen LogP contribution in [0.1, 0.15) is 43.3 Å². The van der Waals surface area contributed by atoms with E-state index >= 15 is 0 Å². The van der Waals surface area contributed by atoms with E-state index in [9.17, 15) is 4.79 Å². The van der Waals surface area contributed by atoms with Crippen LogP contribution >= 0.6 is 0 Å². The molecule has 0 aromatic carbocycles. The minimum absolute atomic E-state index is 0.0812. The number of nitrogens with one attached hydrogen (secondary N) is 1. The van der Waals surface area contributed by atoms with Gasteiger partial charge in [-0.3, -0.25) is 0 Å². The van der Waals surface area contributed by atoms with Crippen molar-refractivity contribution < 1.29 is 9.32 Å². The molecule has 3 rings (SSSR count). The Labute approximate surface area is 106 Å². The zero-order chi connectivity index (χ0) is 12.5. The second-order valence-corrected chi connectivity index (χ2v) is 5.16. The summed E-state index contributed by atoms with van der Waals surface area (Å²) in [6.07, 6.45) is 4.06. The minimum atomic E-state index is 0.0812. The standard InChI is InChI=1S/C12H18N4O2/c1-8-13-11(18-15-8)9-4-6-16(7-5-9)12(17)14-10-2-3-10/h9-10H,2-7H2,1H3,(H,14,17).